The van der Waals surface area contributed by atoms with Crippen LogP contribution in [0.15, 0.2) is 35.0 Å². The second-order valence-corrected chi connectivity index (χ2v) is 9.65. The molecule has 4 rings (SSSR count). The molecular formula is C24H27F3N4OS. The zero-order valence-electron chi connectivity index (χ0n) is 18.4. The number of likely N-dealkylation sites (tertiary alicyclic amines) is 1. The molecule has 5 nitrogen and oxygen atoms in total. The van der Waals surface area contributed by atoms with Gasteiger partial charge in [0, 0.05) is 32.4 Å². The average Bonchev–Trinajstić information content (AvgIpc) is 3.48. The molecule has 0 spiro atoms. The molecule has 33 heavy (non-hydrogen) atoms. The maximum Gasteiger partial charge on any atom is 0.417 e. The summed E-state index contributed by atoms with van der Waals surface area (Å²) in [5.41, 5.74) is 0.412. The summed E-state index contributed by atoms with van der Waals surface area (Å²) >= 11 is 1.69. The first-order valence-electron chi connectivity index (χ1n) is 11.1. The zero-order chi connectivity index (χ0) is 23.6. The van der Waals surface area contributed by atoms with Crippen molar-refractivity contribution >= 4 is 22.9 Å². The molecular weight excluding hydrogens is 449 g/mol. The van der Waals surface area contributed by atoms with E-state index in [0.717, 1.165) is 38.5 Å². The number of carbonyl (C=O) groups is 1. The Morgan fingerprint density at radius 3 is 2.61 bits per heavy atom. The maximum atomic E-state index is 13.5. The summed E-state index contributed by atoms with van der Waals surface area (Å²) in [5.74, 6) is 0.0935. The number of hydrogen-bond donors (Lipinski definition) is 1. The van der Waals surface area contributed by atoms with Crippen molar-refractivity contribution in [1.82, 2.24) is 10.2 Å². The van der Waals surface area contributed by atoms with Crippen molar-refractivity contribution in [2.75, 3.05) is 38.1 Å². The van der Waals surface area contributed by atoms with Crippen molar-refractivity contribution in [3.05, 3.63) is 51.7 Å². The minimum atomic E-state index is -4.60. The van der Waals surface area contributed by atoms with Crippen LogP contribution in [0.25, 0.3) is 0 Å². The van der Waals surface area contributed by atoms with Gasteiger partial charge in [0.05, 0.1) is 23.1 Å². The van der Waals surface area contributed by atoms with Crippen LogP contribution in [0.2, 0.25) is 0 Å². The molecule has 2 fully saturated rings. The molecule has 0 radical (unpaired) electrons. The molecule has 2 aromatic rings. The van der Waals surface area contributed by atoms with Crippen molar-refractivity contribution in [1.29, 1.82) is 5.26 Å². The summed E-state index contributed by atoms with van der Waals surface area (Å²) in [6.07, 6.45) is -2.66. The lowest BCUT2D eigenvalue weighted by molar-refractivity contribution is -0.137. The van der Waals surface area contributed by atoms with E-state index in [2.05, 4.69) is 27.0 Å². The van der Waals surface area contributed by atoms with Crippen LogP contribution in [-0.4, -0.2) is 44.0 Å². The first-order valence-corrected chi connectivity index (χ1v) is 12.1. The van der Waals surface area contributed by atoms with Crippen LogP contribution in [0.4, 0.5) is 18.9 Å². The predicted molar refractivity (Wildman–Crippen MR) is 122 cm³/mol. The third kappa shape index (κ3) is 5.17. The normalized spacial score (nSPS) is 22.3. The molecule has 2 aliphatic heterocycles. The number of hydrogen-bond acceptors (Lipinski definition) is 5. The molecule has 1 amide bonds. The first kappa shape index (κ1) is 23.6. The van der Waals surface area contributed by atoms with Crippen LogP contribution >= 0.6 is 11.3 Å². The number of nitriles is 1. The average molecular weight is 477 g/mol. The highest BCUT2D eigenvalue weighted by atomic mass is 32.1. The molecule has 0 saturated carbocycles. The van der Waals surface area contributed by atoms with Crippen LogP contribution in [-0.2, 0) is 17.5 Å². The number of anilines is 1. The highest BCUT2D eigenvalue weighted by molar-refractivity contribution is 7.07. The summed E-state index contributed by atoms with van der Waals surface area (Å²) in [5, 5.41) is 16.1. The van der Waals surface area contributed by atoms with Crippen molar-refractivity contribution in [3.63, 3.8) is 0 Å². The number of carbonyl (C=O) groups excluding carboxylic acids is 1. The van der Waals surface area contributed by atoms with Gasteiger partial charge in [-0.15, -0.1) is 0 Å². The maximum absolute atomic E-state index is 13.5. The molecule has 1 N–H and O–H groups in total. The number of piperidine rings is 1. The third-order valence-corrected chi connectivity index (χ3v) is 7.70. The quantitative estimate of drug-likeness (QED) is 0.697. The van der Waals surface area contributed by atoms with E-state index in [1.807, 2.05) is 4.90 Å². The van der Waals surface area contributed by atoms with Crippen molar-refractivity contribution in [2.24, 2.45) is 17.8 Å². The van der Waals surface area contributed by atoms with Gasteiger partial charge in [0.1, 0.15) is 0 Å². The summed E-state index contributed by atoms with van der Waals surface area (Å²) in [7, 11) is 1.61. The first-order chi connectivity index (χ1) is 15.8. The largest absolute Gasteiger partial charge is 0.417 e. The second-order valence-electron chi connectivity index (χ2n) is 8.87. The molecule has 2 aliphatic rings. The molecule has 0 aliphatic carbocycles. The number of rotatable bonds is 5. The van der Waals surface area contributed by atoms with Gasteiger partial charge in [-0.1, -0.05) is 0 Å². The van der Waals surface area contributed by atoms with E-state index in [4.69, 9.17) is 5.26 Å². The highest BCUT2D eigenvalue weighted by Gasteiger charge is 2.43. The summed E-state index contributed by atoms with van der Waals surface area (Å²) in [6, 6.07) is 7.60. The van der Waals surface area contributed by atoms with Gasteiger partial charge in [-0.25, -0.2) is 0 Å². The predicted octanol–water partition coefficient (Wildman–Crippen LogP) is 4.35. The molecule has 3 heterocycles. The Kier molecular flexibility index (Phi) is 6.96. The molecule has 0 bridgehead atoms. The Hall–Kier alpha value is -2.57. The minimum absolute atomic E-state index is 0.0621. The van der Waals surface area contributed by atoms with Gasteiger partial charge >= 0.3 is 6.18 Å². The number of nitrogens with zero attached hydrogens (tertiary/aromatic N) is 3. The third-order valence-electron chi connectivity index (χ3n) is 6.97. The van der Waals surface area contributed by atoms with E-state index in [1.165, 1.54) is 11.6 Å². The number of halogens is 3. The fourth-order valence-corrected chi connectivity index (χ4v) is 5.88. The zero-order valence-corrected chi connectivity index (χ0v) is 19.3. The van der Waals surface area contributed by atoms with E-state index >= 15 is 0 Å². The van der Waals surface area contributed by atoms with Crippen molar-refractivity contribution in [2.45, 2.75) is 25.6 Å². The monoisotopic (exact) mass is 476 g/mol. The van der Waals surface area contributed by atoms with Gasteiger partial charge in [0.25, 0.3) is 0 Å². The summed E-state index contributed by atoms with van der Waals surface area (Å²) in [6.45, 7) is 3.75. The lowest BCUT2D eigenvalue weighted by atomic mass is 9.78. The van der Waals surface area contributed by atoms with Gasteiger partial charge < -0.3 is 10.2 Å². The number of amides is 1. The molecule has 1 aromatic heterocycles. The second kappa shape index (κ2) is 9.74. The number of nitrogens with one attached hydrogen (secondary N) is 1. The van der Waals surface area contributed by atoms with Gasteiger partial charge in [-0.05, 0) is 78.4 Å². The van der Waals surface area contributed by atoms with E-state index < -0.39 is 11.7 Å². The fourth-order valence-electron chi connectivity index (χ4n) is 5.22. The number of benzene rings is 1. The Balaban J connectivity index is 1.49. The van der Waals surface area contributed by atoms with Crippen LogP contribution in [0.5, 0.6) is 0 Å². The Morgan fingerprint density at radius 2 is 2.00 bits per heavy atom. The van der Waals surface area contributed by atoms with Crippen LogP contribution < -0.4 is 10.2 Å². The van der Waals surface area contributed by atoms with Crippen molar-refractivity contribution < 1.29 is 18.0 Å². The lowest BCUT2D eigenvalue weighted by Gasteiger charge is -2.36. The molecule has 9 heteroatoms. The standard InChI is InChI=1S/C24H27F3N4OS/c1-29-23(32)21-14-31(19-3-2-18(11-28)22(10-19)24(25,26)27)13-20(21)17-4-7-30(8-5-17)12-16-6-9-33-15-16/h2-3,6,9-10,15,17,20-21H,4-5,7-8,12-14H2,1H3,(H,29,32)/t20-,21+/m0/s1. The van der Waals surface area contributed by atoms with Gasteiger partial charge in [-0.3, -0.25) is 9.69 Å². The fraction of sp³-hybridized carbons (Fsp3) is 0.500. The number of alkyl halides is 3. The van der Waals surface area contributed by atoms with E-state index in [9.17, 15) is 18.0 Å². The van der Waals surface area contributed by atoms with Gasteiger partial charge in [-0.2, -0.15) is 29.8 Å². The van der Waals surface area contributed by atoms with E-state index in [0.29, 0.717) is 24.7 Å². The summed E-state index contributed by atoms with van der Waals surface area (Å²) in [4.78, 5) is 17.0. The molecule has 2 saturated heterocycles. The lowest BCUT2D eigenvalue weighted by Crippen LogP contribution is -2.40. The highest BCUT2D eigenvalue weighted by Crippen LogP contribution is 2.40. The minimum Gasteiger partial charge on any atom is -0.370 e. The van der Waals surface area contributed by atoms with Gasteiger partial charge in [0.15, 0.2) is 0 Å². The topological polar surface area (TPSA) is 59.4 Å². The van der Waals surface area contributed by atoms with Crippen LogP contribution in [0.3, 0.4) is 0 Å². The van der Waals surface area contributed by atoms with Crippen molar-refractivity contribution in [3.8, 4) is 6.07 Å². The Labute approximate surface area is 195 Å². The molecule has 0 unspecified atom stereocenters. The number of thiophene rings is 1. The molecule has 176 valence electrons. The van der Waals surface area contributed by atoms with Crippen LogP contribution in [0, 0.1) is 29.1 Å². The van der Waals surface area contributed by atoms with Gasteiger partial charge in [0.2, 0.25) is 5.91 Å². The Morgan fingerprint density at radius 1 is 1.24 bits per heavy atom. The smallest absolute Gasteiger partial charge is 0.370 e. The molecule has 2 atom stereocenters. The van der Waals surface area contributed by atoms with Crippen LogP contribution in [0.1, 0.15) is 29.5 Å². The van der Waals surface area contributed by atoms with E-state index in [-0.39, 0.29) is 23.3 Å². The Bertz CT molecular complexity index is 1010. The summed E-state index contributed by atoms with van der Waals surface area (Å²) < 4.78 is 40.4. The SMILES string of the molecule is CNC(=O)[C@@H]1CN(c2ccc(C#N)c(C(F)(F)F)c2)C[C@H]1C1CCN(Cc2ccsc2)CC1. The molecule has 1 aromatic carbocycles. The van der Waals surface area contributed by atoms with E-state index in [1.54, 1.807) is 30.5 Å².